The van der Waals surface area contributed by atoms with Crippen LogP contribution in [0.15, 0.2) is 42.7 Å². The highest BCUT2D eigenvalue weighted by Gasteiger charge is 2.18. The lowest BCUT2D eigenvalue weighted by atomic mass is 10.2. The van der Waals surface area contributed by atoms with E-state index >= 15 is 0 Å². The number of aromatic nitrogens is 3. The molecule has 0 saturated heterocycles. The molecule has 0 atom stereocenters. The quantitative estimate of drug-likeness (QED) is 0.680. The number of methoxy groups -OCH3 is 1. The van der Waals surface area contributed by atoms with E-state index in [1.54, 1.807) is 41.2 Å². The average Bonchev–Trinajstić information content (AvgIpc) is 2.85. The van der Waals surface area contributed by atoms with Gasteiger partial charge in [0.15, 0.2) is 0 Å². The Balaban J connectivity index is 2.34. The summed E-state index contributed by atoms with van der Waals surface area (Å²) < 4.78 is 6.46. The number of hydrogen-bond donors (Lipinski definition) is 0. The average molecular weight is 288 g/mol. The minimum atomic E-state index is -0.454. The second-order valence-electron chi connectivity index (χ2n) is 4.11. The molecule has 2 aromatic heterocycles. The first-order valence-corrected chi connectivity index (χ1v) is 6.25. The maximum atomic E-state index is 11.9. The smallest absolute Gasteiger partial charge is 0.355 e. The molecule has 0 fully saturated rings. The summed E-state index contributed by atoms with van der Waals surface area (Å²) in [5.41, 5.74) is 1.15. The molecule has 0 amide bonds. The third-order valence-corrected chi connectivity index (χ3v) is 3.15. The van der Waals surface area contributed by atoms with Gasteiger partial charge in [0.1, 0.15) is 5.69 Å². The molecular weight excluding hydrogens is 278 g/mol. The predicted octanol–water partition coefficient (Wildman–Crippen LogP) is 2.86. The van der Waals surface area contributed by atoms with Crippen LogP contribution < -0.4 is 0 Å². The van der Waals surface area contributed by atoms with Gasteiger partial charge >= 0.3 is 5.97 Å². The maximum absolute atomic E-state index is 11.9. The number of ether oxygens (including phenoxy) is 1. The van der Waals surface area contributed by atoms with Crippen LogP contribution in [0.1, 0.15) is 10.5 Å². The first-order chi connectivity index (χ1) is 9.70. The number of fused-ring (bicyclic) bond motifs is 1. The molecular formula is C14H10ClN3O2. The fourth-order valence-corrected chi connectivity index (χ4v) is 2.24. The van der Waals surface area contributed by atoms with Crippen molar-refractivity contribution in [2.45, 2.75) is 0 Å². The van der Waals surface area contributed by atoms with Gasteiger partial charge in [0.05, 0.1) is 12.6 Å². The molecule has 0 radical (unpaired) electrons. The molecule has 5 nitrogen and oxygen atoms in total. The molecule has 6 heteroatoms. The molecule has 3 aromatic rings. The third-order valence-electron chi connectivity index (χ3n) is 2.91. The minimum absolute atomic E-state index is 0.357. The van der Waals surface area contributed by atoms with Crippen LogP contribution in [0.2, 0.25) is 5.02 Å². The van der Waals surface area contributed by atoms with Crippen molar-refractivity contribution in [2.24, 2.45) is 0 Å². The van der Waals surface area contributed by atoms with E-state index in [0.29, 0.717) is 16.7 Å². The maximum Gasteiger partial charge on any atom is 0.355 e. The van der Waals surface area contributed by atoms with E-state index in [4.69, 9.17) is 16.3 Å². The summed E-state index contributed by atoms with van der Waals surface area (Å²) in [6, 6.07) is 8.78. The molecule has 0 N–H and O–H groups in total. The van der Waals surface area contributed by atoms with Crippen molar-refractivity contribution >= 4 is 28.5 Å². The van der Waals surface area contributed by atoms with Crippen LogP contribution in [0.25, 0.3) is 16.9 Å². The minimum Gasteiger partial charge on any atom is -0.464 e. The van der Waals surface area contributed by atoms with Gasteiger partial charge in [0, 0.05) is 22.8 Å². The van der Waals surface area contributed by atoms with E-state index in [1.807, 2.05) is 6.07 Å². The van der Waals surface area contributed by atoms with E-state index < -0.39 is 5.97 Å². The zero-order valence-electron chi connectivity index (χ0n) is 10.6. The zero-order valence-corrected chi connectivity index (χ0v) is 11.3. The van der Waals surface area contributed by atoms with Gasteiger partial charge in [-0.1, -0.05) is 11.6 Å². The van der Waals surface area contributed by atoms with Crippen molar-refractivity contribution in [3.8, 4) is 5.95 Å². The van der Waals surface area contributed by atoms with Crippen molar-refractivity contribution in [1.82, 2.24) is 14.5 Å². The Morgan fingerprint density at radius 3 is 2.70 bits per heavy atom. The highest BCUT2D eigenvalue weighted by molar-refractivity contribution is 6.31. The first kappa shape index (κ1) is 12.6. The van der Waals surface area contributed by atoms with Crippen LogP contribution >= 0.6 is 11.6 Å². The number of nitrogens with zero attached hydrogens (tertiary/aromatic N) is 3. The van der Waals surface area contributed by atoms with Gasteiger partial charge in [0.2, 0.25) is 5.95 Å². The second kappa shape index (κ2) is 4.94. The summed E-state index contributed by atoms with van der Waals surface area (Å²) in [6.45, 7) is 0. The second-order valence-corrected chi connectivity index (χ2v) is 4.54. The van der Waals surface area contributed by atoms with Crippen molar-refractivity contribution in [1.29, 1.82) is 0 Å². The van der Waals surface area contributed by atoms with Gasteiger partial charge in [-0.15, -0.1) is 0 Å². The molecule has 3 rings (SSSR count). The number of benzene rings is 1. The van der Waals surface area contributed by atoms with Gasteiger partial charge in [-0.2, -0.15) is 0 Å². The number of hydrogen-bond acceptors (Lipinski definition) is 4. The Hall–Kier alpha value is -2.40. The van der Waals surface area contributed by atoms with E-state index in [0.717, 1.165) is 10.9 Å². The molecule has 100 valence electrons. The van der Waals surface area contributed by atoms with Crippen molar-refractivity contribution in [3.63, 3.8) is 0 Å². The summed E-state index contributed by atoms with van der Waals surface area (Å²) >= 11 is 5.98. The summed E-state index contributed by atoms with van der Waals surface area (Å²) in [5, 5.41) is 1.42. The van der Waals surface area contributed by atoms with Gasteiger partial charge in [-0.25, -0.2) is 14.8 Å². The standard InChI is InChI=1S/C14H10ClN3O2/c1-20-13(19)12-8-9-7-10(15)3-4-11(9)18(12)14-16-5-2-6-17-14/h2-8H,1H3. The Kier molecular flexibility index (Phi) is 3.12. The van der Waals surface area contributed by atoms with Gasteiger partial charge in [-0.05, 0) is 30.3 Å². The summed E-state index contributed by atoms with van der Waals surface area (Å²) in [4.78, 5) is 20.3. The van der Waals surface area contributed by atoms with Crippen LogP contribution in [-0.4, -0.2) is 27.6 Å². The lowest BCUT2D eigenvalue weighted by Gasteiger charge is -2.06. The normalized spacial score (nSPS) is 10.7. The number of esters is 1. The molecule has 0 bridgehead atoms. The summed E-state index contributed by atoms with van der Waals surface area (Å²) in [5.74, 6) is -0.0463. The fourth-order valence-electron chi connectivity index (χ4n) is 2.06. The van der Waals surface area contributed by atoms with Gasteiger partial charge < -0.3 is 4.74 Å². The topological polar surface area (TPSA) is 57.0 Å². The van der Waals surface area contributed by atoms with E-state index in [2.05, 4.69) is 9.97 Å². The van der Waals surface area contributed by atoms with Crippen LogP contribution in [0.4, 0.5) is 0 Å². The number of rotatable bonds is 2. The van der Waals surface area contributed by atoms with Crippen LogP contribution in [0, 0.1) is 0 Å². The molecule has 0 saturated carbocycles. The van der Waals surface area contributed by atoms with Crippen LogP contribution in [-0.2, 0) is 4.74 Å². The lowest BCUT2D eigenvalue weighted by molar-refractivity contribution is 0.0592. The Labute approximate surface area is 119 Å². The summed E-state index contributed by atoms with van der Waals surface area (Å²) in [7, 11) is 1.34. The first-order valence-electron chi connectivity index (χ1n) is 5.87. The predicted molar refractivity (Wildman–Crippen MR) is 75.2 cm³/mol. The van der Waals surface area contributed by atoms with Crippen LogP contribution in [0.3, 0.4) is 0 Å². The Morgan fingerprint density at radius 1 is 1.25 bits per heavy atom. The highest BCUT2D eigenvalue weighted by Crippen LogP contribution is 2.26. The van der Waals surface area contributed by atoms with E-state index in [9.17, 15) is 4.79 Å². The molecule has 20 heavy (non-hydrogen) atoms. The molecule has 2 heterocycles. The van der Waals surface area contributed by atoms with Crippen LogP contribution in [0.5, 0.6) is 0 Å². The molecule has 0 aliphatic carbocycles. The third kappa shape index (κ3) is 2.02. The van der Waals surface area contributed by atoms with Crippen molar-refractivity contribution in [3.05, 3.63) is 53.4 Å². The molecule has 1 aromatic carbocycles. The molecule has 0 unspecified atom stereocenters. The number of carbonyl (C=O) groups excluding carboxylic acids is 1. The fraction of sp³-hybridized carbons (Fsp3) is 0.0714. The molecule has 0 aliphatic heterocycles. The van der Waals surface area contributed by atoms with E-state index in [1.165, 1.54) is 7.11 Å². The highest BCUT2D eigenvalue weighted by atomic mass is 35.5. The lowest BCUT2D eigenvalue weighted by Crippen LogP contribution is -2.11. The van der Waals surface area contributed by atoms with Crippen molar-refractivity contribution in [2.75, 3.05) is 7.11 Å². The molecule has 0 aliphatic rings. The van der Waals surface area contributed by atoms with Gasteiger partial charge in [0.25, 0.3) is 0 Å². The number of carbonyl (C=O) groups is 1. The molecule has 0 spiro atoms. The largest absolute Gasteiger partial charge is 0.464 e. The van der Waals surface area contributed by atoms with Gasteiger partial charge in [-0.3, -0.25) is 4.57 Å². The number of halogens is 1. The monoisotopic (exact) mass is 287 g/mol. The summed E-state index contributed by atoms with van der Waals surface area (Å²) in [6.07, 6.45) is 3.23. The van der Waals surface area contributed by atoms with E-state index in [-0.39, 0.29) is 0 Å². The van der Waals surface area contributed by atoms with Crippen molar-refractivity contribution < 1.29 is 9.53 Å². The Bertz CT molecular complexity index is 784. The Morgan fingerprint density at radius 2 is 2.00 bits per heavy atom. The SMILES string of the molecule is COC(=O)c1cc2cc(Cl)ccc2n1-c1ncccn1. The zero-order chi connectivity index (χ0) is 14.1.